The van der Waals surface area contributed by atoms with Gasteiger partial charge in [0.2, 0.25) is 0 Å². The van der Waals surface area contributed by atoms with Gasteiger partial charge in [-0.05, 0) is 62.3 Å². The Morgan fingerprint density at radius 2 is 2.15 bits per heavy atom. The number of morpholine rings is 1. The summed E-state index contributed by atoms with van der Waals surface area (Å²) >= 11 is 5.75. The maximum atomic E-state index is 12.8. The van der Waals surface area contributed by atoms with Crippen molar-refractivity contribution >= 4 is 28.2 Å². The Balaban J connectivity index is 1.41. The van der Waals surface area contributed by atoms with Crippen molar-refractivity contribution in [1.82, 2.24) is 20.1 Å². The lowest BCUT2D eigenvalue weighted by Crippen LogP contribution is -2.45. The molecule has 2 fully saturated rings. The van der Waals surface area contributed by atoms with Gasteiger partial charge in [-0.2, -0.15) is 0 Å². The molecule has 33 heavy (non-hydrogen) atoms. The Morgan fingerprint density at radius 3 is 2.91 bits per heavy atom. The van der Waals surface area contributed by atoms with E-state index in [0.717, 1.165) is 81.9 Å². The summed E-state index contributed by atoms with van der Waals surface area (Å²) in [6.07, 6.45) is 3.22. The van der Waals surface area contributed by atoms with Crippen LogP contribution in [-0.2, 0) is 16.0 Å². The summed E-state index contributed by atoms with van der Waals surface area (Å²) in [5.41, 5.74) is 1.37. The Hall–Kier alpha value is -2.20. The second-order valence-electron chi connectivity index (χ2n) is 8.63. The number of aromatic nitrogens is 1. The third-order valence-electron chi connectivity index (χ3n) is 6.26. The van der Waals surface area contributed by atoms with E-state index in [4.69, 9.17) is 26.4 Å². The maximum Gasteiger partial charge on any atom is 0.253 e. The van der Waals surface area contributed by atoms with E-state index >= 15 is 0 Å². The number of ether oxygens (including phenoxy) is 3. The van der Waals surface area contributed by atoms with Crippen LogP contribution in [0.1, 0.15) is 24.8 Å². The summed E-state index contributed by atoms with van der Waals surface area (Å²) in [5, 5.41) is 5.00. The zero-order chi connectivity index (χ0) is 23.0. The van der Waals surface area contributed by atoms with Gasteiger partial charge in [-0.3, -0.25) is 9.69 Å². The summed E-state index contributed by atoms with van der Waals surface area (Å²) in [4.78, 5) is 20.3. The standard InChI is InChI=1S/C24H34N4O4S/c1-30-20-5-6-22-18(15-20)14-19(23(29)26-22)16-28(17-21-4-2-11-32-21)24(33)25-7-3-8-27-9-12-31-13-10-27/h5-6,14-15,21H,2-4,7-13,16-17H2,1H3,(H,25,33)(H,26,29). The molecule has 1 aromatic heterocycles. The number of pyridine rings is 1. The molecule has 0 spiro atoms. The molecule has 3 heterocycles. The van der Waals surface area contributed by atoms with Crippen molar-refractivity contribution in [3.05, 3.63) is 40.2 Å². The molecule has 1 aromatic carbocycles. The fraction of sp³-hybridized carbons (Fsp3) is 0.583. The van der Waals surface area contributed by atoms with Crippen molar-refractivity contribution in [2.45, 2.75) is 31.9 Å². The van der Waals surface area contributed by atoms with Crippen LogP contribution in [0.3, 0.4) is 0 Å². The second kappa shape index (κ2) is 11.8. The highest BCUT2D eigenvalue weighted by Crippen LogP contribution is 2.20. The largest absolute Gasteiger partial charge is 0.497 e. The minimum atomic E-state index is -0.0971. The molecule has 0 radical (unpaired) electrons. The molecule has 8 nitrogen and oxygen atoms in total. The summed E-state index contributed by atoms with van der Waals surface area (Å²) in [7, 11) is 1.64. The van der Waals surface area contributed by atoms with Crippen LogP contribution in [0.2, 0.25) is 0 Å². The number of hydrogen-bond acceptors (Lipinski definition) is 6. The first-order valence-corrected chi connectivity index (χ1v) is 12.2. The number of benzene rings is 1. The number of hydrogen-bond donors (Lipinski definition) is 2. The normalized spacial score (nSPS) is 19.0. The zero-order valence-corrected chi connectivity index (χ0v) is 20.1. The van der Waals surface area contributed by atoms with Crippen molar-refractivity contribution in [1.29, 1.82) is 0 Å². The van der Waals surface area contributed by atoms with Gasteiger partial charge in [0, 0.05) is 49.3 Å². The molecule has 4 rings (SSSR count). The Kier molecular flexibility index (Phi) is 8.55. The average molecular weight is 475 g/mol. The van der Waals surface area contributed by atoms with E-state index in [0.29, 0.717) is 23.8 Å². The van der Waals surface area contributed by atoms with E-state index < -0.39 is 0 Å². The van der Waals surface area contributed by atoms with Gasteiger partial charge >= 0.3 is 0 Å². The number of thiocarbonyl (C=S) groups is 1. The summed E-state index contributed by atoms with van der Waals surface area (Å²) in [5.74, 6) is 0.758. The van der Waals surface area contributed by atoms with E-state index in [1.165, 1.54) is 0 Å². The van der Waals surface area contributed by atoms with Crippen LogP contribution in [0.5, 0.6) is 5.75 Å². The molecule has 1 atom stereocenters. The quantitative estimate of drug-likeness (QED) is 0.423. The monoisotopic (exact) mass is 474 g/mol. The van der Waals surface area contributed by atoms with Crippen molar-refractivity contribution in [3.63, 3.8) is 0 Å². The van der Waals surface area contributed by atoms with Gasteiger partial charge in [0.25, 0.3) is 5.56 Å². The molecule has 180 valence electrons. The Labute approximate surface area is 200 Å². The average Bonchev–Trinajstić information content (AvgIpc) is 3.35. The molecule has 2 N–H and O–H groups in total. The molecule has 2 aliphatic rings. The third-order valence-corrected chi connectivity index (χ3v) is 6.66. The van der Waals surface area contributed by atoms with Gasteiger partial charge in [0.15, 0.2) is 5.11 Å². The van der Waals surface area contributed by atoms with E-state index in [9.17, 15) is 4.79 Å². The molecule has 9 heteroatoms. The lowest BCUT2D eigenvalue weighted by molar-refractivity contribution is 0.0375. The van der Waals surface area contributed by atoms with Gasteiger partial charge < -0.3 is 29.4 Å². The predicted octanol–water partition coefficient (Wildman–Crippen LogP) is 2.11. The third kappa shape index (κ3) is 6.66. The lowest BCUT2D eigenvalue weighted by Gasteiger charge is -2.29. The topological polar surface area (TPSA) is 79.1 Å². The van der Waals surface area contributed by atoms with E-state index in [1.807, 2.05) is 24.3 Å². The van der Waals surface area contributed by atoms with Crippen LogP contribution in [0.25, 0.3) is 10.9 Å². The number of rotatable bonds is 9. The van der Waals surface area contributed by atoms with Gasteiger partial charge in [-0.1, -0.05) is 0 Å². The molecule has 0 aliphatic carbocycles. The predicted molar refractivity (Wildman–Crippen MR) is 133 cm³/mol. The molecular formula is C24H34N4O4S. The van der Waals surface area contributed by atoms with Crippen molar-refractivity contribution in [3.8, 4) is 5.75 Å². The highest BCUT2D eigenvalue weighted by Gasteiger charge is 2.22. The maximum absolute atomic E-state index is 12.8. The Bertz CT molecular complexity index is 986. The SMILES string of the molecule is COc1ccc2[nH]c(=O)c(CN(CC3CCCO3)C(=S)NCCCN3CCOCC3)cc2c1. The summed E-state index contributed by atoms with van der Waals surface area (Å²) in [6, 6.07) is 7.57. The van der Waals surface area contributed by atoms with Gasteiger partial charge in [-0.25, -0.2) is 0 Å². The van der Waals surface area contributed by atoms with E-state index in [2.05, 4.69) is 20.1 Å². The van der Waals surface area contributed by atoms with Crippen LogP contribution in [0, 0.1) is 0 Å². The minimum absolute atomic E-state index is 0.0971. The molecule has 0 bridgehead atoms. The van der Waals surface area contributed by atoms with Crippen molar-refractivity contribution < 1.29 is 14.2 Å². The van der Waals surface area contributed by atoms with Gasteiger partial charge in [-0.15, -0.1) is 0 Å². The summed E-state index contributed by atoms with van der Waals surface area (Å²) < 4.78 is 16.6. The van der Waals surface area contributed by atoms with Crippen LogP contribution in [0.4, 0.5) is 0 Å². The molecule has 2 aromatic rings. The summed E-state index contributed by atoms with van der Waals surface area (Å²) in [6.45, 7) is 7.31. The molecule has 0 saturated carbocycles. The molecule has 0 amide bonds. The first-order chi connectivity index (χ1) is 16.1. The van der Waals surface area contributed by atoms with E-state index in [1.54, 1.807) is 7.11 Å². The number of fused-ring (bicyclic) bond motifs is 1. The van der Waals surface area contributed by atoms with E-state index in [-0.39, 0.29) is 11.7 Å². The molecular weight excluding hydrogens is 440 g/mol. The van der Waals surface area contributed by atoms with Gasteiger partial charge in [0.05, 0.1) is 33.0 Å². The van der Waals surface area contributed by atoms with Gasteiger partial charge in [0.1, 0.15) is 5.75 Å². The zero-order valence-electron chi connectivity index (χ0n) is 19.3. The molecule has 2 saturated heterocycles. The first kappa shape index (κ1) is 23.9. The second-order valence-corrected chi connectivity index (χ2v) is 9.02. The number of nitrogens with one attached hydrogen (secondary N) is 2. The van der Waals surface area contributed by atoms with Crippen LogP contribution in [0.15, 0.2) is 29.1 Å². The van der Waals surface area contributed by atoms with Crippen molar-refractivity contribution in [2.24, 2.45) is 0 Å². The smallest absolute Gasteiger partial charge is 0.253 e. The van der Waals surface area contributed by atoms with Crippen LogP contribution < -0.4 is 15.6 Å². The number of H-pyrrole nitrogens is 1. The Morgan fingerprint density at radius 1 is 1.30 bits per heavy atom. The molecule has 2 aliphatic heterocycles. The first-order valence-electron chi connectivity index (χ1n) is 11.8. The highest BCUT2D eigenvalue weighted by atomic mass is 32.1. The number of aromatic amines is 1. The lowest BCUT2D eigenvalue weighted by atomic mass is 10.1. The fourth-order valence-electron chi connectivity index (χ4n) is 4.37. The van der Waals surface area contributed by atoms with Crippen LogP contribution >= 0.6 is 12.2 Å². The highest BCUT2D eigenvalue weighted by molar-refractivity contribution is 7.80. The van der Waals surface area contributed by atoms with Crippen LogP contribution in [-0.4, -0.2) is 85.7 Å². The number of methoxy groups -OCH3 is 1. The van der Waals surface area contributed by atoms with Crippen molar-refractivity contribution in [2.75, 3.05) is 59.7 Å². The fourth-order valence-corrected chi connectivity index (χ4v) is 4.61. The minimum Gasteiger partial charge on any atom is -0.497 e. The number of nitrogens with zero attached hydrogens (tertiary/aromatic N) is 2. The molecule has 1 unspecified atom stereocenters.